The predicted molar refractivity (Wildman–Crippen MR) is 93.4 cm³/mol. The first kappa shape index (κ1) is 17.4. The van der Waals surface area contributed by atoms with Crippen molar-refractivity contribution in [1.29, 1.82) is 0 Å². The van der Waals surface area contributed by atoms with Crippen molar-refractivity contribution in [3.63, 3.8) is 0 Å². The van der Waals surface area contributed by atoms with Crippen molar-refractivity contribution in [2.45, 2.75) is 70.4 Å². The zero-order valence-electron chi connectivity index (χ0n) is 14.4. The predicted octanol–water partition coefficient (Wildman–Crippen LogP) is 4.40. The Morgan fingerprint density at radius 2 is 2.08 bits per heavy atom. The van der Waals surface area contributed by atoms with Gasteiger partial charge < -0.3 is 5.32 Å². The molecule has 1 aromatic heterocycles. The molecule has 7 heteroatoms. The SMILES string of the molecule is CC(NC(=O)Cn1nc(C(F)F)c(Br)c1C1CC1)C1CC2CCC1C2. The largest absolute Gasteiger partial charge is 0.352 e. The smallest absolute Gasteiger partial charge is 0.283 e. The molecule has 1 heterocycles. The fraction of sp³-hybridized carbons (Fsp3) is 0.778. The molecular weight excluding hydrogens is 392 g/mol. The van der Waals surface area contributed by atoms with Crippen LogP contribution in [-0.4, -0.2) is 21.7 Å². The number of nitrogens with zero attached hydrogens (tertiary/aromatic N) is 2. The van der Waals surface area contributed by atoms with Crippen LogP contribution in [0, 0.1) is 17.8 Å². The number of carbonyl (C=O) groups is 1. The van der Waals surface area contributed by atoms with Crippen molar-refractivity contribution in [3.8, 4) is 0 Å². The Morgan fingerprint density at radius 1 is 1.32 bits per heavy atom. The molecule has 0 aromatic carbocycles. The fourth-order valence-electron chi connectivity index (χ4n) is 4.93. The molecule has 4 unspecified atom stereocenters. The number of halogens is 3. The summed E-state index contributed by atoms with van der Waals surface area (Å²) in [6.07, 6.45) is 4.44. The summed E-state index contributed by atoms with van der Waals surface area (Å²) in [5, 5.41) is 7.11. The molecule has 4 rings (SSSR count). The van der Waals surface area contributed by atoms with Gasteiger partial charge in [0.1, 0.15) is 12.2 Å². The van der Waals surface area contributed by atoms with Crippen LogP contribution in [0.1, 0.15) is 69.2 Å². The standard InChI is InChI=1S/C18H24BrF2N3O/c1-9(13-7-10-2-3-12(13)6-10)22-14(25)8-24-17(11-4-5-11)15(19)16(23-24)18(20)21/h9-13,18H,2-8H2,1H3,(H,22,25). The lowest BCUT2D eigenvalue weighted by molar-refractivity contribution is -0.123. The summed E-state index contributed by atoms with van der Waals surface area (Å²) in [5.74, 6) is 2.25. The average Bonchev–Trinajstić information content (AvgIpc) is 3.02. The highest BCUT2D eigenvalue weighted by molar-refractivity contribution is 9.10. The van der Waals surface area contributed by atoms with Crippen LogP contribution in [0.15, 0.2) is 4.47 Å². The van der Waals surface area contributed by atoms with Crippen LogP contribution in [-0.2, 0) is 11.3 Å². The molecule has 0 aliphatic heterocycles. The van der Waals surface area contributed by atoms with Gasteiger partial charge in [-0.25, -0.2) is 8.78 Å². The maximum atomic E-state index is 13.1. The number of rotatable bonds is 6. The lowest BCUT2D eigenvalue weighted by Crippen LogP contribution is -2.41. The Labute approximate surface area is 154 Å². The van der Waals surface area contributed by atoms with E-state index in [2.05, 4.69) is 33.3 Å². The molecule has 2 bridgehead atoms. The summed E-state index contributed by atoms with van der Waals surface area (Å²) in [5.41, 5.74) is 0.494. The normalized spacial score (nSPS) is 29.4. The quantitative estimate of drug-likeness (QED) is 0.747. The van der Waals surface area contributed by atoms with Crippen molar-refractivity contribution >= 4 is 21.8 Å². The van der Waals surface area contributed by atoms with Gasteiger partial charge in [-0.15, -0.1) is 0 Å². The molecule has 0 saturated heterocycles. The van der Waals surface area contributed by atoms with E-state index in [0.29, 0.717) is 10.4 Å². The first-order valence-corrected chi connectivity index (χ1v) is 10.1. The molecule has 3 saturated carbocycles. The van der Waals surface area contributed by atoms with Gasteiger partial charge in [0.25, 0.3) is 6.43 Å². The Hall–Kier alpha value is -0.980. The van der Waals surface area contributed by atoms with Crippen molar-refractivity contribution in [2.24, 2.45) is 17.8 Å². The summed E-state index contributed by atoms with van der Waals surface area (Å²) in [6.45, 7) is 2.09. The van der Waals surface area contributed by atoms with E-state index >= 15 is 0 Å². The van der Waals surface area contributed by atoms with Crippen molar-refractivity contribution in [2.75, 3.05) is 0 Å². The van der Waals surface area contributed by atoms with Gasteiger partial charge in [-0.05, 0) is 72.7 Å². The Balaban J connectivity index is 1.43. The monoisotopic (exact) mass is 415 g/mol. The number of amides is 1. The fourth-order valence-corrected chi connectivity index (χ4v) is 5.71. The highest BCUT2D eigenvalue weighted by Gasteiger charge is 2.42. The van der Waals surface area contributed by atoms with Crippen LogP contribution in [0.3, 0.4) is 0 Å². The molecule has 4 atom stereocenters. The van der Waals surface area contributed by atoms with Crippen molar-refractivity contribution in [3.05, 3.63) is 15.9 Å². The number of carbonyl (C=O) groups excluding carboxylic acids is 1. The number of hydrogen-bond donors (Lipinski definition) is 1. The second-order valence-electron chi connectivity index (χ2n) is 8.01. The van der Waals surface area contributed by atoms with Gasteiger partial charge in [0, 0.05) is 12.0 Å². The van der Waals surface area contributed by atoms with Gasteiger partial charge in [-0.3, -0.25) is 9.48 Å². The minimum absolute atomic E-state index is 0.0162. The molecule has 4 nitrogen and oxygen atoms in total. The third kappa shape index (κ3) is 3.36. The number of alkyl halides is 2. The van der Waals surface area contributed by atoms with Gasteiger partial charge in [0.15, 0.2) is 0 Å². The van der Waals surface area contributed by atoms with E-state index in [-0.39, 0.29) is 30.1 Å². The molecule has 138 valence electrons. The molecule has 3 aliphatic rings. The highest BCUT2D eigenvalue weighted by Crippen LogP contribution is 2.49. The second-order valence-corrected chi connectivity index (χ2v) is 8.80. The van der Waals surface area contributed by atoms with E-state index in [0.717, 1.165) is 30.4 Å². The van der Waals surface area contributed by atoms with E-state index in [9.17, 15) is 13.6 Å². The van der Waals surface area contributed by atoms with E-state index in [1.165, 1.54) is 30.4 Å². The average molecular weight is 416 g/mol. The first-order chi connectivity index (χ1) is 11.9. The third-order valence-electron chi connectivity index (χ3n) is 6.24. The van der Waals surface area contributed by atoms with Crippen LogP contribution < -0.4 is 5.32 Å². The molecule has 0 radical (unpaired) electrons. The summed E-state index contributed by atoms with van der Waals surface area (Å²) >= 11 is 3.26. The summed E-state index contributed by atoms with van der Waals surface area (Å²) < 4.78 is 28.1. The zero-order chi connectivity index (χ0) is 17.7. The molecule has 3 fully saturated rings. The van der Waals surface area contributed by atoms with Crippen LogP contribution in [0.5, 0.6) is 0 Å². The highest BCUT2D eigenvalue weighted by atomic mass is 79.9. The molecule has 0 spiro atoms. The van der Waals surface area contributed by atoms with Crippen molar-refractivity contribution in [1.82, 2.24) is 15.1 Å². The van der Waals surface area contributed by atoms with Crippen LogP contribution >= 0.6 is 15.9 Å². The van der Waals surface area contributed by atoms with Gasteiger partial charge in [0.2, 0.25) is 5.91 Å². The molecular formula is C18H24BrF2N3O. The van der Waals surface area contributed by atoms with E-state index in [1.54, 1.807) is 0 Å². The van der Waals surface area contributed by atoms with E-state index < -0.39 is 6.43 Å². The molecule has 3 aliphatic carbocycles. The topological polar surface area (TPSA) is 46.9 Å². The third-order valence-corrected chi connectivity index (χ3v) is 7.06. The minimum Gasteiger partial charge on any atom is -0.352 e. The lowest BCUT2D eigenvalue weighted by atomic mass is 9.84. The first-order valence-electron chi connectivity index (χ1n) is 9.27. The van der Waals surface area contributed by atoms with Gasteiger partial charge >= 0.3 is 0 Å². The summed E-state index contributed by atoms with van der Waals surface area (Å²) in [7, 11) is 0. The minimum atomic E-state index is -2.64. The van der Waals surface area contributed by atoms with Crippen LogP contribution in [0.2, 0.25) is 0 Å². The molecule has 25 heavy (non-hydrogen) atoms. The Bertz CT molecular complexity index is 674. The molecule has 1 amide bonds. The Morgan fingerprint density at radius 3 is 2.64 bits per heavy atom. The molecule has 1 N–H and O–H groups in total. The van der Waals surface area contributed by atoms with Gasteiger partial charge in [0.05, 0.1) is 10.2 Å². The number of hydrogen-bond acceptors (Lipinski definition) is 2. The Kier molecular flexibility index (Phi) is 4.63. The summed E-state index contributed by atoms with van der Waals surface area (Å²) in [6, 6.07) is 0.140. The van der Waals surface area contributed by atoms with Crippen LogP contribution in [0.4, 0.5) is 8.78 Å². The molecule has 1 aromatic rings. The number of nitrogens with one attached hydrogen (secondary N) is 1. The van der Waals surface area contributed by atoms with E-state index in [4.69, 9.17) is 0 Å². The lowest BCUT2D eigenvalue weighted by Gasteiger charge is -2.28. The maximum Gasteiger partial charge on any atom is 0.283 e. The zero-order valence-corrected chi connectivity index (χ0v) is 15.9. The van der Waals surface area contributed by atoms with Gasteiger partial charge in [-0.1, -0.05) is 6.42 Å². The number of fused-ring (bicyclic) bond motifs is 2. The van der Waals surface area contributed by atoms with Crippen LogP contribution in [0.25, 0.3) is 0 Å². The maximum absolute atomic E-state index is 13.1. The van der Waals surface area contributed by atoms with Gasteiger partial charge in [-0.2, -0.15) is 5.10 Å². The van der Waals surface area contributed by atoms with Crippen molar-refractivity contribution < 1.29 is 13.6 Å². The van der Waals surface area contributed by atoms with E-state index in [1.807, 2.05) is 0 Å². The summed E-state index contributed by atoms with van der Waals surface area (Å²) in [4.78, 5) is 12.5. The second kappa shape index (κ2) is 6.63. The number of aromatic nitrogens is 2.